The van der Waals surface area contributed by atoms with Crippen molar-refractivity contribution in [2.45, 2.75) is 0 Å². The van der Waals surface area contributed by atoms with Gasteiger partial charge >= 0.3 is 35.6 Å². The zero-order valence-corrected chi connectivity index (χ0v) is 14.3. The Morgan fingerprint density at radius 2 is 1.15 bits per heavy atom. The monoisotopic (exact) mass is 344 g/mol. The first-order valence-corrected chi connectivity index (χ1v) is 10.1. The molecule has 0 fully saturated rings. The molecule has 0 radical (unpaired) electrons. The Labute approximate surface area is 136 Å². The normalized spacial score (nSPS) is 9.00. The van der Waals surface area contributed by atoms with E-state index < -0.39 is 17.0 Å². The second-order valence-electron chi connectivity index (χ2n) is 3.56. The number of para-hydroxylation sites is 4. The van der Waals surface area contributed by atoms with Crippen LogP contribution in [0.1, 0.15) is 0 Å². The van der Waals surface area contributed by atoms with E-state index in [2.05, 4.69) is 10.6 Å². The third-order valence-electron chi connectivity index (χ3n) is 2.43. The molecular formula is C14H14Cl2N2OTi-2. The molecule has 0 atom stereocenters. The van der Waals surface area contributed by atoms with Crippen LogP contribution in [0.15, 0.2) is 48.5 Å². The molecule has 0 aliphatic carbocycles. The van der Waals surface area contributed by atoms with E-state index in [9.17, 15) is 0 Å². The van der Waals surface area contributed by atoms with Gasteiger partial charge in [0.15, 0.2) is 0 Å². The van der Waals surface area contributed by atoms with E-state index in [0.717, 1.165) is 22.9 Å². The molecule has 0 saturated heterocycles. The second-order valence-corrected chi connectivity index (χ2v) is 6.14. The van der Waals surface area contributed by atoms with Crippen molar-refractivity contribution < 1.29 is 21.8 Å². The van der Waals surface area contributed by atoms with E-state index in [0.29, 0.717) is 0 Å². The number of nitrogens with zero attached hydrogens (tertiary/aromatic N) is 2. The number of rotatable bonds is 4. The van der Waals surface area contributed by atoms with Gasteiger partial charge in [-0.1, -0.05) is 47.8 Å². The summed E-state index contributed by atoms with van der Waals surface area (Å²) in [5.74, 6) is 1.48. The predicted molar refractivity (Wildman–Crippen MR) is 82.6 cm³/mol. The third kappa shape index (κ3) is 5.25. The fourth-order valence-corrected chi connectivity index (χ4v) is 1.57. The van der Waals surface area contributed by atoms with Crippen molar-refractivity contribution >= 4 is 30.0 Å². The summed E-state index contributed by atoms with van der Waals surface area (Å²) in [6.07, 6.45) is 0. The molecule has 0 bridgehead atoms. The van der Waals surface area contributed by atoms with Crippen molar-refractivity contribution in [3.63, 3.8) is 0 Å². The quantitative estimate of drug-likeness (QED) is 0.615. The van der Waals surface area contributed by atoms with Gasteiger partial charge in [-0.25, -0.2) is 0 Å². The van der Waals surface area contributed by atoms with E-state index in [-0.39, 0.29) is 0 Å². The van der Waals surface area contributed by atoms with Crippen LogP contribution in [0.3, 0.4) is 0 Å². The summed E-state index contributed by atoms with van der Waals surface area (Å²) in [7, 11) is 13.3. The van der Waals surface area contributed by atoms with Crippen LogP contribution in [0, 0.1) is 0 Å². The molecule has 0 amide bonds. The molecule has 0 spiro atoms. The standard InChI is InChI=1S/C14H14N2O.2ClH.Ti/c1-15-11-7-3-5-9-13(11)17-14-10-6-4-8-12(14)16-2;;;/h3-10H,1-2H3;2*1H;/q-2;;;+2/p-2. The zero-order chi connectivity index (χ0) is 14.8. The van der Waals surface area contributed by atoms with Gasteiger partial charge in [0.25, 0.3) is 0 Å². The summed E-state index contributed by atoms with van der Waals surface area (Å²) < 4.78 is 5.83. The number of ether oxygens (including phenoxy) is 1. The summed E-state index contributed by atoms with van der Waals surface area (Å²) >= 11 is -0.556. The van der Waals surface area contributed by atoms with Gasteiger partial charge in [-0.3, -0.25) is 0 Å². The molecule has 20 heavy (non-hydrogen) atoms. The first-order valence-electron chi connectivity index (χ1n) is 5.78. The predicted octanol–water partition coefficient (Wildman–Crippen LogP) is 6.13. The first kappa shape index (κ1) is 17.2. The van der Waals surface area contributed by atoms with Gasteiger partial charge in [0, 0.05) is 0 Å². The molecule has 106 valence electrons. The van der Waals surface area contributed by atoms with Gasteiger partial charge in [-0.2, -0.15) is 0 Å². The van der Waals surface area contributed by atoms with Gasteiger partial charge in [0.2, 0.25) is 0 Å². The van der Waals surface area contributed by atoms with Crippen LogP contribution >= 0.6 is 18.6 Å². The number of hydrogen-bond acceptors (Lipinski definition) is 1. The van der Waals surface area contributed by atoms with Crippen molar-refractivity contribution in [2.24, 2.45) is 0 Å². The maximum absolute atomic E-state index is 5.83. The Balaban J connectivity index is 0.000000612. The van der Waals surface area contributed by atoms with Crippen molar-refractivity contribution in [3.05, 3.63) is 59.2 Å². The molecule has 0 aliphatic heterocycles. The topological polar surface area (TPSA) is 37.4 Å². The molecular weight excluding hydrogens is 331 g/mol. The van der Waals surface area contributed by atoms with Crippen LogP contribution in [0.4, 0.5) is 11.4 Å². The van der Waals surface area contributed by atoms with E-state index >= 15 is 0 Å². The summed E-state index contributed by atoms with van der Waals surface area (Å²) in [5.41, 5.74) is 1.66. The number of hydrogen-bond donors (Lipinski definition) is 0. The second kappa shape index (κ2) is 9.95. The zero-order valence-electron chi connectivity index (χ0n) is 11.2. The van der Waals surface area contributed by atoms with Crippen LogP contribution in [-0.2, 0) is 17.0 Å². The molecule has 2 rings (SSSR count). The van der Waals surface area contributed by atoms with E-state index in [1.54, 1.807) is 14.1 Å². The Morgan fingerprint density at radius 3 is 1.50 bits per heavy atom. The maximum atomic E-state index is 5.83. The van der Waals surface area contributed by atoms with Crippen LogP contribution < -0.4 is 4.74 Å². The van der Waals surface area contributed by atoms with Gasteiger partial charge in [-0.15, -0.1) is 14.1 Å². The van der Waals surface area contributed by atoms with Gasteiger partial charge in [0.05, 0.1) is 0 Å². The summed E-state index contributed by atoms with van der Waals surface area (Å²) in [5, 5.41) is 8.33. The number of benzene rings is 2. The summed E-state index contributed by atoms with van der Waals surface area (Å²) in [6, 6.07) is 15.4. The Kier molecular flexibility index (Phi) is 8.55. The molecule has 0 heterocycles. The molecule has 0 unspecified atom stereocenters. The Hall–Kier alpha value is -0.866. The van der Waals surface area contributed by atoms with Crippen molar-refractivity contribution in [1.29, 1.82) is 0 Å². The fourth-order valence-electron chi connectivity index (χ4n) is 1.57. The molecule has 0 N–H and O–H groups in total. The van der Waals surface area contributed by atoms with Crippen molar-refractivity contribution in [2.75, 3.05) is 14.1 Å². The van der Waals surface area contributed by atoms with Gasteiger partial charge < -0.3 is 15.4 Å². The molecule has 3 nitrogen and oxygen atoms in total. The summed E-state index contributed by atoms with van der Waals surface area (Å²) in [6.45, 7) is 0. The molecule has 2 aromatic rings. The van der Waals surface area contributed by atoms with Crippen LogP contribution in [0.5, 0.6) is 11.5 Å². The Morgan fingerprint density at radius 1 is 0.800 bits per heavy atom. The van der Waals surface area contributed by atoms with E-state index in [4.69, 9.17) is 23.3 Å². The molecule has 0 aromatic heterocycles. The average molecular weight is 345 g/mol. The Bertz CT molecular complexity index is 481. The van der Waals surface area contributed by atoms with Crippen molar-refractivity contribution in [3.8, 4) is 11.5 Å². The van der Waals surface area contributed by atoms with Crippen LogP contribution in [-0.4, -0.2) is 14.1 Å². The average Bonchev–Trinajstić information content (AvgIpc) is 2.49. The number of halogens is 2. The summed E-state index contributed by atoms with van der Waals surface area (Å²) in [4.78, 5) is 0. The fraction of sp³-hybridized carbons (Fsp3) is 0.143. The molecule has 2 aromatic carbocycles. The van der Waals surface area contributed by atoms with E-state index in [1.165, 1.54) is 0 Å². The van der Waals surface area contributed by atoms with Crippen LogP contribution in [0.2, 0.25) is 0 Å². The molecule has 0 aliphatic rings. The van der Waals surface area contributed by atoms with Gasteiger partial charge in [0.1, 0.15) is 11.5 Å². The van der Waals surface area contributed by atoms with Crippen molar-refractivity contribution in [1.82, 2.24) is 0 Å². The minimum absolute atomic E-state index is 0.556. The third-order valence-corrected chi connectivity index (χ3v) is 2.43. The van der Waals surface area contributed by atoms with E-state index in [1.807, 2.05) is 48.5 Å². The van der Waals surface area contributed by atoms with Crippen LogP contribution in [0.25, 0.3) is 10.6 Å². The first-order chi connectivity index (χ1) is 9.76. The minimum atomic E-state index is -0.556. The molecule has 6 heteroatoms. The SMILES string of the molecule is C[N-]c1ccccc1Oc1ccccc1[N-]C.[Cl][Ti][Cl]. The van der Waals surface area contributed by atoms with Gasteiger partial charge in [-0.05, 0) is 12.1 Å². The molecule has 0 saturated carbocycles.